The molecule has 0 unspecified atom stereocenters. The van der Waals surface area contributed by atoms with Gasteiger partial charge in [-0.3, -0.25) is 4.98 Å². The number of nitrogens with one attached hydrogen (secondary N) is 1. The van der Waals surface area contributed by atoms with E-state index in [-0.39, 0.29) is 0 Å². The number of hydrogen-bond donors (Lipinski definition) is 1. The van der Waals surface area contributed by atoms with E-state index in [1.54, 1.807) is 12.4 Å². The van der Waals surface area contributed by atoms with Crippen LogP contribution in [-0.4, -0.2) is 22.0 Å². The van der Waals surface area contributed by atoms with Gasteiger partial charge in [-0.2, -0.15) is 0 Å². The summed E-state index contributed by atoms with van der Waals surface area (Å²) < 4.78 is 0. The van der Waals surface area contributed by atoms with Crippen LogP contribution in [0.1, 0.15) is 12.7 Å². The van der Waals surface area contributed by atoms with Gasteiger partial charge < -0.3 is 5.32 Å². The molecule has 4 heteroatoms. The first-order chi connectivity index (χ1) is 7.83. The van der Waals surface area contributed by atoms with E-state index >= 15 is 0 Å². The topological polar surface area (TPSA) is 50.7 Å². The molecule has 0 aliphatic rings. The Balaban J connectivity index is 2.48. The van der Waals surface area contributed by atoms with Crippen LogP contribution in [0.15, 0.2) is 30.6 Å². The molecule has 0 amide bonds. The van der Waals surface area contributed by atoms with Crippen LogP contribution in [0.2, 0.25) is 0 Å². The van der Waals surface area contributed by atoms with Crippen molar-refractivity contribution >= 4 is 5.82 Å². The van der Waals surface area contributed by atoms with Gasteiger partial charge in [0.05, 0.1) is 5.69 Å². The highest BCUT2D eigenvalue weighted by molar-refractivity contribution is 5.61. The highest BCUT2D eigenvalue weighted by Gasteiger charge is 2.04. The minimum atomic E-state index is 0.822. The maximum Gasteiger partial charge on any atom is 0.131 e. The minimum absolute atomic E-state index is 0.822. The van der Waals surface area contributed by atoms with Gasteiger partial charge in [0, 0.05) is 37.5 Å². The zero-order chi connectivity index (χ0) is 11.4. The zero-order valence-electron chi connectivity index (χ0n) is 9.44. The fourth-order valence-corrected chi connectivity index (χ4v) is 1.45. The van der Waals surface area contributed by atoms with Crippen LogP contribution in [0.3, 0.4) is 0 Å². The van der Waals surface area contributed by atoms with Crippen molar-refractivity contribution in [3.8, 4) is 11.3 Å². The van der Waals surface area contributed by atoms with Crippen LogP contribution >= 0.6 is 0 Å². The Kier molecular flexibility index (Phi) is 3.10. The summed E-state index contributed by atoms with van der Waals surface area (Å²) in [5.41, 5.74) is 1.92. The van der Waals surface area contributed by atoms with Crippen molar-refractivity contribution in [2.75, 3.05) is 12.4 Å². The summed E-state index contributed by atoms with van der Waals surface area (Å²) in [6.07, 6.45) is 4.38. The first kappa shape index (κ1) is 10.5. The highest BCUT2D eigenvalue weighted by Crippen LogP contribution is 2.18. The summed E-state index contributed by atoms with van der Waals surface area (Å²) in [7, 11) is 1.86. The number of pyridine rings is 1. The molecule has 0 radical (unpaired) electrons. The first-order valence-corrected chi connectivity index (χ1v) is 5.29. The zero-order valence-corrected chi connectivity index (χ0v) is 9.44. The average molecular weight is 214 g/mol. The lowest BCUT2D eigenvalue weighted by atomic mass is 10.2. The van der Waals surface area contributed by atoms with Crippen LogP contribution in [0.4, 0.5) is 5.82 Å². The minimum Gasteiger partial charge on any atom is -0.373 e. The standard InChI is InChI=1S/C12H14N4/c1-3-11-15-10(7-12(13-2)16-11)9-5-4-6-14-8-9/h4-8H,3H2,1-2H3,(H,13,15,16). The summed E-state index contributed by atoms with van der Waals surface area (Å²) in [4.78, 5) is 12.9. The quantitative estimate of drug-likeness (QED) is 0.850. The second-order valence-corrected chi connectivity index (χ2v) is 3.40. The Hall–Kier alpha value is -1.97. The Morgan fingerprint density at radius 3 is 2.81 bits per heavy atom. The summed E-state index contributed by atoms with van der Waals surface area (Å²) in [6, 6.07) is 5.83. The molecule has 0 saturated heterocycles. The molecule has 0 aliphatic heterocycles. The number of rotatable bonds is 3. The second-order valence-electron chi connectivity index (χ2n) is 3.40. The van der Waals surface area contributed by atoms with Crippen LogP contribution in [0, 0.1) is 0 Å². The van der Waals surface area contributed by atoms with E-state index < -0.39 is 0 Å². The molecule has 0 aliphatic carbocycles. The number of anilines is 1. The number of aromatic nitrogens is 3. The van der Waals surface area contributed by atoms with Crippen LogP contribution in [0.5, 0.6) is 0 Å². The molecule has 2 aromatic heterocycles. The molecule has 2 aromatic rings. The van der Waals surface area contributed by atoms with E-state index in [0.29, 0.717) is 0 Å². The lowest BCUT2D eigenvalue weighted by Crippen LogP contribution is -2.00. The highest BCUT2D eigenvalue weighted by atomic mass is 15.0. The fraction of sp³-hybridized carbons (Fsp3) is 0.250. The van der Waals surface area contributed by atoms with Gasteiger partial charge in [0.15, 0.2) is 0 Å². The molecule has 4 nitrogen and oxygen atoms in total. The van der Waals surface area contributed by atoms with Crippen molar-refractivity contribution in [1.82, 2.24) is 15.0 Å². The first-order valence-electron chi connectivity index (χ1n) is 5.29. The maximum atomic E-state index is 4.48. The number of hydrogen-bond acceptors (Lipinski definition) is 4. The summed E-state index contributed by atoms with van der Waals surface area (Å²) >= 11 is 0. The Morgan fingerprint density at radius 1 is 1.31 bits per heavy atom. The van der Waals surface area contributed by atoms with Crippen LogP contribution in [0.25, 0.3) is 11.3 Å². The Morgan fingerprint density at radius 2 is 2.19 bits per heavy atom. The van der Waals surface area contributed by atoms with Gasteiger partial charge in [-0.05, 0) is 12.1 Å². The number of nitrogens with zero attached hydrogens (tertiary/aromatic N) is 3. The molecule has 0 atom stereocenters. The second kappa shape index (κ2) is 4.70. The van der Waals surface area contributed by atoms with Gasteiger partial charge in [-0.25, -0.2) is 9.97 Å². The molecule has 16 heavy (non-hydrogen) atoms. The summed E-state index contributed by atoms with van der Waals surface area (Å²) in [5, 5.41) is 3.04. The number of aryl methyl sites for hydroxylation is 1. The van der Waals surface area contributed by atoms with E-state index in [0.717, 1.165) is 29.3 Å². The van der Waals surface area contributed by atoms with Gasteiger partial charge >= 0.3 is 0 Å². The van der Waals surface area contributed by atoms with Gasteiger partial charge in [-0.15, -0.1) is 0 Å². The molecule has 0 bridgehead atoms. The molecule has 1 N–H and O–H groups in total. The maximum absolute atomic E-state index is 4.48. The molecular formula is C12H14N4. The van der Waals surface area contributed by atoms with Gasteiger partial charge in [0.2, 0.25) is 0 Å². The van der Waals surface area contributed by atoms with Crippen molar-refractivity contribution < 1.29 is 0 Å². The molecule has 2 rings (SSSR count). The molecule has 0 saturated carbocycles. The average Bonchev–Trinajstić information content (AvgIpc) is 2.39. The van der Waals surface area contributed by atoms with Gasteiger partial charge in [-0.1, -0.05) is 6.92 Å². The third-order valence-corrected chi connectivity index (χ3v) is 2.30. The molecule has 0 fully saturated rings. The van der Waals surface area contributed by atoms with Crippen molar-refractivity contribution in [2.45, 2.75) is 13.3 Å². The molecule has 82 valence electrons. The van der Waals surface area contributed by atoms with E-state index in [2.05, 4.69) is 20.3 Å². The van der Waals surface area contributed by atoms with E-state index in [1.807, 2.05) is 32.2 Å². The molecule has 2 heterocycles. The Bertz CT molecular complexity index is 445. The molecule has 0 aromatic carbocycles. The third kappa shape index (κ3) is 2.16. The van der Waals surface area contributed by atoms with Gasteiger partial charge in [0.1, 0.15) is 11.6 Å². The van der Waals surface area contributed by atoms with Crippen molar-refractivity contribution in [1.29, 1.82) is 0 Å². The predicted octanol–water partition coefficient (Wildman–Crippen LogP) is 2.14. The smallest absolute Gasteiger partial charge is 0.131 e. The van der Waals surface area contributed by atoms with Crippen LogP contribution < -0.4 is 5.32 Å². The summed E-state index contributed by atoms with van der Waals surface area (Å²) in [5.74, 6) is 1.68. The van der Waals surface area contributed by atoms with E-state index in [9.17, 15) is 0 Å². The monoisotopic (exact) mass is 214 g/mol. The lowest BCUT2D eigenvalue weighted by Gasteiger charge is -2.06. The van der Waals surface area contributed by atoms with Gasteiger partial charge in [0.25, 0.3) is 0 Å². The van der Waals surface area contributed by atoms with Crippen molar-refractivity contribution in [2.24, 2.45) is 0 Å². The van der Waals surface area contributed by atoms with E-state index in [4.69, 9.17) is 0 Å². The largest absolute Gasteiger partial charge is 0.373 e. The molecule has 0 spiro atoms. The van der Waals surface area contributed by atoms with Crippen molar-refractivity contribution in [3.63, 3.8) is 0 Å². The third-order valence-electron chi connectivity index (χ3n) is 2.30. The lowest BCUT2D eigenvalue weighted by molar-refractivity contribution is 0.944. The van der Waals surface area contributed by atoms with Crippen LogP contribution in [-0.2, 0) is 6.42 Å². The Labute approximate surface area is 94.8 Å². The normalized spacial score (nSPS) is 10.1. The SMILES string of the molecule is CCc1nc(NC)cc(-c2cccnc2)n1. The molecular weight excluding hydrogens is 200 g/mol. The summed E-state index contributed by atoms with van der Waals surface area (Å²) in [6.45, 7) is 2.04. The fourth-order valence-electron chi connectivity index (χ4n) is 1.45. The predicted molar refractivity (Wildman–Crippen MR) is 64.2 cm³/mol. The van der Waals surface area contributed by atoms with Crippen molar-refractivity contribution in [3.05, 3.63) is 36.4 Å². The van der Waals surface area contributed by atoms with E-state index in [1.165, 1.54) is 0 Å².